The lowest BCUT2D eigenvalue weighted by atomic mass is 10.5. The second kappa shape index (κ2) is 16.2. The molecule has 0 aliphatic carbocycles. The predicted octanol–water partition coefficient (Wildman–Crippen LogP) is -1.53. The molecule has 0 unspecified atom stereocenters. The van der Waals surface area contributed by atoms with Crippen LogP contribution in [0.4, 0.5) is 0 Å². The van der Waals surface area contributed by atoms with Gasteiger partial charge in [0.15, 0.2) is 6.61 Å². The van der Waals surface area contributed by atoms with Crippen LogP contribution in [0, 0.1) is 0 Å². The van der Waals surface area contributed by atoms with Crippen molar-refractivity contribution in [2.24, 2.45) is 0 Å². The Balaban J connectivity index is 3.22. The number of hydrogen-bond donors (Lipinski definition) is 4. The maximum atomic E-state index is 11.3. The van der Waals surface area contributed by atoms with Crippen molar-refractivity contribution < 1.29 is 19.1 Å². The SMILES string of the molecule is CCNCCNCCNCCNCC(=O)OCC(=O)OCC. The van der Waals surface area contributed by atoms with Gasteiger partial charge in [0.2, 0.25) is 0 Å². The van der Waals surface area contributed by atoms with Crippen LogP contribution in [0.1, 0.15) is 13.8 Å². The van der Waals surface area contributed by atoms with Gasteiger partial charge in [-0.05, 0) is 13.5 Å². The first-order valence-electron chi connectivity index (χ1n) is 7.84. The van der Waals surface area contributed by atoms with E-state index in [-0.39, 0.29) is 19.8 Å². The third-order valence-electron chi connectivity index (χ3n) is 2.61. The van der Waals surface area contributed by atoms with Gasteiger partial charge in [-0.2, -0.15) is 0 Å². The molecule has 4 N–H and O–H groups in total. The number of nitrogens with one attached hydrogen (secondary N) is 4. The third kappa shape index (κ3) is 15.2. The molecule has 0 aromatic heterocycles. The number of carbonyl (C=O) groups excluding carboxylic acids is 2. The summed E-state index contributed by atoms with van der Waals surface area (Å²) in [5.74, 6) is -0.989. The Hall–Kier alpha value is -1.22. The van der Waals surface area contributed by atoms with E-state index >= 15 is 0 Å². The molecule has 130 valence electrons. The van der Waals surface area contributed by atoms with E-state index in [1.165, 1.54) is 0 Å². The molecule has 0 saturated carbocycles. The van der Waals surface area contributed by atoms with Gasteiger partial charge in [0, 0.05) is 39.3 Å². The standard InChI is InChI=1S/C14H30N4O4/c1-3-15-5-6-16-7-8-17-9-10-18-11-13(19)22-12-14(20)21-4-2/h15-18H,3-12H2,1-2H3. The molecule has 0 aromatic carbocycles. The predicted molar refractivity (Wildman–Crippen MR) is 84.7 cm³/mol. The molecule has 8 heteroatoms. The van der Waals surface area contributed by atoms with E-state index in [0.29, 0.717) is 6.54 Å². The number of rotatable bonds is 15. The fourth-order valence-corrected chi connectivity index (χ4v) is 1.54. The molecule has 8 nitrogen and oxygen atoms in total. The summed E-state index contributed by atoms with van der Waals surface area (Å²) < 4.78 is 9.38. The van der Waals surface area contributed by atoms with Gasteiger partial charge in [-0.15, -0.1) is 0 Å². The van der Waals surface area contributed by atoms with Crippen LogP contribution >= 0.6 is 0 Å². The van der Waals surface area contributed by atoms with Crippen molar-refractivity contribution in [3.63, 3.8) is 0 Å². The molecule has 0 aliphatic heterocycles. The van der Waals surface area contributed by atoms with Gasteiger partial charge >= 0.3 is 11.9 Å². The molecular weight excluding hydrogens is 288 g/mol. The summed E-state index contributed by atoms with van der Waals surface area (Å²) in [4.78, 5) is 22.3. The van der Waals surface area contributed by atoms with Gasteiger partial charge in [0.05, 0.1) is 13.2 Å². The van der Waals surface area contributed by atoms with E-state index in [2.05, 4.69) is 32.9 Å². The maximum absolute atomic E-state index is 11.3. The highest BCUT2D eigenvalue weighted by Crippen LogP contribution is 1.82. The first-order chi connectivity index (χ1) is 10.7. The van der Waals surface area contributed by atoms with Crippen LogP contribution in [0.5, 0.6) is 0 Å². The van der Waals surface area contributed by atoms with Crippen LogP contribution in [-0.4, -0.2) is 77.5 Å². The normalized spacial score (nSPS) is 10.5. The van der Waals surface area contributed by atoms with Crippen molar-refractivity contribution >= 4 is 11.9 Å². The van der Waals surface area contributed by atoms with E-state index in [1.807, 2.05) is 0 Å². The second-order valence-corrected chi connectivity index (χ2v) is 4.50. The molecule has 0 fully saturated rings. The fourth-order valence-electron chi connectivity index (χ4n) is 1.54. The Labute approximate surface area is 132 Å². The van der Waals surface area contributed by atoms with Gasteiger partial charge in [0.1, 0.15) is 0 Å². The van der Waals surface area contributed by atoms with Gasteiger partial charge < -0.3 is 30.7 Å². The lowest BCUT2D eigenvalue weighted by Gasteiger charge is -2.08. The topological polar surface area (TPSA) is 101 Å². The first kappa shape index (κ1) is 20.8. The average Bonchev–Trinajstić information content (AvgIpc) is 2.51. The average molecular weight is 318 g/mol. The van der Waals surface area contributed by atoms with E-state index in [1.54, 1.807) is 6.92 Å². The Morgan fingerprint density at radius 1 is 0.727 bits per heavy atom. The highest BCUT2D eigenvalue weighted by Gasteiger charge is 2.06. The molecule has 0 rings (SSSR count). The van der Waals surface area contributed by atoms with Crippen molar-refractivity contribution in [1.82, 2.24) is 21.3 Å². The third-order valence-corrected chi connectivity index (χ3v) is 2.61. The van der Waals surface area contributed by atoms with E-state index in [9.17, 15) is 9.59 Å². The summed E-state index contributed by atoms with van der Waals surface area (Å²) in [5.41, 5.74) is 0. The zero-order valence-corrected chi connectivity index (χ0v) is 13.7. The largest absolute Gasteiger partial charge is 0.463 e. The van der Waals surface area contributed by atoms with Crippen molar-refractivity contribution in [2.75, 3.05) is 65.6 Å². The van der Waals surface area contributed by atoms with Crippen molar-refractivity contribution in [3.8, 4) is 0 Å². The van der Waals surface area contributed by atoms with Gasteiger partial charge in [0.25, 0.3) is 0 Å². The number of likely N-dealkylation sites (N-methyl/N-ethyl adjacent to an activating group) is 1. The van der Waals surface area contributed by atoms with Gasteiger partial charge in [-0.3, -0.25) is 4.79 Å². The Morgan fingerprint density at radius 3 is 1.82 bits per heavy atom. The number of hydrogen-bond acceptors (Lipinski definition) is 8. The maximum Gasteiger partial charge on any atom is 0.344 e. The lowest BCUT2D eigenvalue weighted by Crippen LogP contribution is -2.36. The number of ether oxygens (including phenoxy) is 2. The molecule has 0 amide bonds. The number of carbonyl (C=O) groups is 2. The Morgan fingerprint density at radius 2 is 1.27 bits per heavy atom. The van der Waals surface area contributed by atoms with Gasteiger partial charge in [-0.1, -0.05) is 6.92 Å². The molecular formula is C14H30N4O4. The smallest absolute Gasteiger partial charge is 0.344 e. The summed E-state index contributed by atoms with van der Waals surface area (Å²) in [6.45, 7) is 9.96. The molecule has 0 atom stereocenters. The van der Waals surface area contributed by atoms with Crippen LogP contribution in [-0.2, 0) is 19.1 Å². The monoisotopic (exact) mass is 318 g/mol. The second-order valence-electron chi connectivity index (χ2n) is 4.50. The minimum atomic E-state index is -0.529. The summed E-state index contributed by atoms with van der Waals surface area (Å²) in [7, 11) is 0. The zero-order chi connectivity index (χ0) is 16.5. The van der Waals surface area contributed by atoms with E-state index in [0.717, 1.165) is 39.3 Å². The lowest BCUT2D eigenvalue weighted by molar-refractivity contribution is -0.157. The molecule has 0 aliphatic rings. The van der Waals surface area contributed by atoms with Crippen molar-refractivity contribution in [2.45, 2.75) is 13.8 Å². The van der Waals surface area contributed by atoms with E-state index < -0.39 is 11.9 Å². The Bertz CT molecular complexity index is 290. The summed E-state index contributed by atoms with van der Waals surface area (Å²) >= 11 is 0. The number of esters is 2. The Kier molecular flexibility index (Phi) is 15.3. The molecule has 0 heterocycles. The van der Waals surface area contributed by atoms with Crippen LogP contribution in [0.15, 0.2) is 0 Å². The molecule has 0 spiro atoms. The highest BCUT2D eigenvalue weighted by molar-refractivity contribution is 5.77. The summed E-state index contributed by atoms with van der Waals surface area (Å²) in [6, 6.07) is 0. The van der Waals surface area contributed by atoms with Crippen LogP contribution in [0.3, 0.4) is 0 Å². The highest BCUT2D eigenvalue weighted by atomic mass is 16.6. The van der Waals surface area contributed by atoms with E-state index in [4.69, 9.17) is 4.74 Å². The van der Waals surface area contributed by atoms with Gasteiger partial charge in [-0.25, -0.2) is 4.79 Å². The minimum Gasteiger partial charge on any atom is -0.463 e. The fraction of sp³-hybridized carbons (Fsp3) is 0.857. The zero-order valence-electron chi connectivity index (χ0n) is 13.7. The van der Waals surface area contributed by atoms with Crippen LogP contribution < -0.4 is 21.3 Å². The first-order valence-corrected chi connectivity index (χ1v) is 7.84. The van der Waals surface area contributed by atoms with Crippen molar-refractivity contribution in [3.05, 3.63) is 0 Å². The molecule has 0 saturated heterocycles. The summed E-state index contributed by atoms with van der Waals surface area (Å²) in [6.07, 6.45) is 0. The molecule has 0 aromatic rings. The molecule has 22 heavy (non-hydrogen) atoms. The minimum absolute atomic E-state index is 0.0853. The molecule has 0 bridgehead atoms. The quantitative estimate of drug-likeness (QED) is 0.213. The van der Waals surface area contributed by atoms with Crippen LogP contribution in [0.25, 0.3) is 0 Å². The van der Waals surface area contributed by atoms with Crippen LogP contribution in [0.2, 0.25) is 0 Å². The molecule has 0 radical (unpaired) electrons. The van der Waals surface area contributed by atoms with Crippen molar-refractivity contribution in [1.29, 1.82) is 0 Å². The summed E-state index contributed by atoms with van der Waals surface area (Å²) in [5, 5.41) is 12.7.